The van der Waals surface area contributed by atoms with Gasteiger partial charge in [-0.25, -0.2) is 0 Å². The zero-order chi connectivity index (χ0) is 19.1. The van der Waals surface area contributed by atoms with E-state index in [1.54, 1.807) is 19.2 Å². The Morgan fingerprint density at radius 1 is 1.07 bits per heavy atom. The summed E-state index contributed by atoms with van der Waals surface area (Å²) in [6, 6.07) is 7.38. The SMILES string of the molecule is COc1ccccc1C(=O)NC1CCN(C(=O)CCC2CCCCC2)CC1. The van der Waals surface area contributed by atoms with E-state index in [0.29, 0.717) is 17.7 Å². The summed E-state index contributed by atoms with van der Waals surface area (Å²) in [6.07, 6.45) is 9.97. The summed E-state index contributed by atoms with van der Waals surface area (Å²) in [7, 11) is 1.57. The maximum absolute atomic E-state index is 12.5. The Balaban J connectivity index is 1.41. The lowest BCUT2D eigenvalue weighted by molar-refractivity contribution is -0.132. The zero-order valence-corrected chi connectivity index (χ0v) is 16.4. The molecule has 2 aliphatic rings. The molecular formula is C22H32N2O3. The molecule has 1 heterocycles. The van der Waals surface area contributed by atoms with E-state index in [0.717, 1.165) is 38.3 Å². The van der Waals surface area contributed by atoms with Crippen molar-refractivity contribution in [1.82, 2.24) is 10.2 Å². The number of nitrogens with zero attached hydrogens (tertiary/aromatic N) is 1. The summed E-state index contributed by atoms with van der Waals surface area (Å²) in [5.74, 6) is 1.52. The molecule has 1 aliphatic heterocycles. The highest BCUT2D eigenvalue weighted by Gasteiger charge is 2.25. The molecule has 0 spiro atoms. The molecule has 27 heavy (non-hydrogen) atoms. The number of nitrogens with one attached hydrogen (secondary N) is 1. The number of methoxy groups -OCH3 is 1. The number of carbonyl (C=O) groups excluding carboxylic acids is 2. The van der Waals surface area contributed by atoms with Crippen LogP contribution in [-0.2, 0) is 4.79 Å². The smallest absolute Gasteiger partial charge is 0.255 e. The van der Waals surface area contributed by atoms with Crippen LogP contribution in [0.2, 0.25) is 0 Å². The van der Waals surface area contributed by atoms with Gasteiger partial charge in [-0.3, -0.25) is 9.59 Å². The van der Waals surface area contributed by atoms with E-state index in [9.17, 15) is 9.59 Å². The molecule has 1 aromatic carbocycles. The van der Waals surface area contributed by atoms with E-state index < -0.39 is 0 Å². The lowest BCUT2D eigenvalue weighted by Gasteiger charge is -2.33. The maximum Gasteiger partial charge on any atom is 0.255 e. The molecule has 5 heteroatoms. The number of para-hydroxylation sites is 1. The van der Waals surface area contributed by atoms with Crippen molar-refractivity contribution in [3.05, 3.63) is 29.8 Å². The molecule has 148 valence electrons. The lowest BCUT2D eigenvalue weighted by atomic mass is 9.86. The van der Waals surface area contributed by atoms with Crippen LogP contribution in [-0.4, -0.2) is 43.0 Å². The first-order valence-electron chi connectivity index (χ1n) is 10.4. The third kappa shape index (κ3) is 5.47. The van der Waals surface area contributed by atoms with Crippen LogP contribution in [0.5, 0.6) is 5.75 Å². The Hall–Kier alpha value is -2.04. The molecule has 0 unspecified atom stereocenters. The molecule has 2 fully saturated rings. The Labute approximate surface area is 162 Å². The lowest BCUT2D eigenvalue weighted by Crippen LogP contribution is -2.46. The van der Waals surface area contributed by atoms with Crippen molar-refractivity contribution >= 4 is 11.8 Å². The van der Waals surface area contributed by atoms with E-state index >= 15 is 0 Å². The highest BCUT2D eigenvalue weighted by atomic mass is 16.5. The number of hydrogen-bond acceptors (Lipinski definition) is 3. The van der Waals surface area contributed by atoms with Crippen molar-refractivity contribution in [2.75, 3.05) is 20.2 Å². The first kappa shape index (κ1) is 19.7. The van der Waals surface area contributed by atoms with Gasteiger partial charge in [0.1, 0.15) is 5.75 Å². The molecule has 1 saturated heterocycles. The predicted molar refractivity (Wildman–Crippen MR) is 106 cm³/mol. The topological polar surface area (TPSA) is 58.6 Å². The van der Waals surface area contributed by atoms with E-state index in [-0.39, 0.29) is 17.9 Å². The number of ether oxygens (including phenoxy) is 1. The van der Waals surface area contributed by atoms with Crippen LogP contribution in [0.25, 0.3) is 0 Å². The van der Waals surface area contributed by atoms with Crippen LogP contribution in [0.1, 0.15) is 68.1 Å². The van der Waals surface area contributed by atoms with Crippen LogP contribution >= 0.6 is 0 Å². The minimum Gasteiger partial charge on any atom is -0.496 e. The van der Waals surface area contributed by atoms with Crippen molar-refractivity contribution in [1.29, 1.82) is 0 Å². The van der Waals surface area contributed by atoms with Crippen molar-refractivity contribution < 1.29 is 14.3 Å². The average molecular weight is 373 g/mol. The van der Waals surface area contributed by atoms with Gasteiger partial charge in [0.25, 0.3) is 5.91 Å². The van der Waals surface area contributed by atoms with Crippen LogP contribution in [0.15, 0.2) is 24.3 Å². The van der Waals surface area contributed by atoms with Crippen LogP contribution in [0.3, 0.4) is 0 Å². The number of carbonyl (C=O) groups is 2. The minimum absolute atomic E-state index is 0.102. The number of rotatable bonds is 6. The van der Waals surface area contributed by atoms with Crippen LogP contribution in [0.4, 0.5) is 0 Å². The number of piperidine rings is 1. The first-order valence-corrected chi connectivity index (χ1v) is 10.4. The highest BCUT2D eigenvalue weighted by molar-refractivity contribution is 5.97. The minimum atomic E-state index is -0.102. The second kappa shape index (κ2) is 9.77. The van der Waals surface area contributed by atoms with Gasteiger partial charge in [-0.2, -0.15) is 0 Å². The summed E-state index contributed by atoms with van der Waals surface area (Å²) in [4.78, 5) is 27.0. The van der Waals surface area contributed by atoms with Gasteiger partial charge in [0, 0.05) is 25.6 Å². The average Bonchev–Trinajstić information content (AvgIpc) is 2.73. The Kier molecular flexibility index (Phi) is 7.13. The maximum atomic E-state index is 12.5. The molecule has 0 radical (unpaired) electrons. The molecule has 0 atom stereocenters. The molecule has 3 rings (SSSR count). The molecule has 1 saturated carbocycles. The fraction of sp³-hybridized carbons (Fsp3) is 0.636. The van der Waals surface area contributed by atoms with Crippen molar-refractivity contribution in [2.45, 2.75) is 63.8 Å². The molecular weight excluding hydrogens is 340 g/mol. The monoisotopic (exact) mass is 372 g/mol. The molecule has 1 N–H and O–H groups in total. The van der Waals surface area contributed by atoms with Gasteiger partial charge in [-0.05, 0) is 37.3 Å². The van der Waals surface area contributed by atoms with Crippen LogP contribution < -0.4 is 10.1 Å². The quantitative estimate of drug-likeness (QED) is 0.827. The van der Waals surface area contributed by atoms with Gasteiger partial charge in [-0.15, -0.1) is 0 Å². The van der Waals surface area contributed by atoms with Crippen molar-refractivity contribution in [3.63, 3.8) is 0 Å². The van der Waals surface area contributed by atoms with Gasteiger partial charge < -0.3 is 15.0 Å². The number of likely N-dealkylation sites (tertiary alicyclic amines) is 1. The zero-order valence-electron chi connectivity index (χ0n) is 16.4. The molecule has 1 aliphatic carbocycles. The van der Waals surface area contributed by atoms with Crippen LogP contribution in [0, 0.1) is 5.92 Å². The van der Waals surface area contributed by atoms with Crippen molar-refractivity contribution in [2.24, 2.45) is 5.92 Å². The Morgan fingerprint density at radius 3 is 2.48 bits per heavy atom. The Bertz CT molecular complexity index is 632. The van der Waals surface area contributed by atoms with Gasteiger partial charge in [0.15, 0.2) is 0 Å². The van der Waals surface area contributed by atoms with E-state index in [1.807, 2.05) is 17.0 Å². The van der Waals surface area contributed by atoms with Gasteiger partial charge >= 0.3 is 0 Å². The molecule has 5 nitrogen and oxygen atoms in total. The first-order chi connectivity index (χ1) is 13.2. The summed E-state index contributed by atoms with van der Waals surface area (Å²) < 4.78 is 5.27. The van der Waals surface area contributed by atoms with E-state index in [2.05, 4.69) is 5.32 Å². The number of benzene rings is 1. The van der Waals surface area contributed by atoms with Gasteiger partial charge in [-0.1, -0.05) is 44.2 Å². The van der Waals surface area contributed by atoms with E-state index in [4.69, 9.17) is 4.74 Å². The summed E-state index contributed by atoms with van der Waals surface area (Å²) in [5.41, 5.74) is 0.561. The second-order valence-electron chi connectivity index (χ2n) is 7.87. The molecule has 2 amide bonds. The fourth-order valence-corrected chi connectivity index (χ4v) is 4.33. The van der Waals surface area contributed by atoms with Gasteiger partial charge in [0.2, 0.25) is 5.91 Å². The third-order valence-electron chi connectivity index (χ3n) is 6.03. The van der Waals surface area contributed by atoms with Crippen molar-refractivity contribution in [3.8, 4) is 5.75 Å². The number of hydrogen-bond donors (Lipinski definition) is 1. The summed E-state index contributed by atoms with van der Waals surface area (Å²) >= 11 is 0. The molecule has 1 aromatic rings. The fourth-order valence-electron chi connectivity index (χ4n) is 4.33. The molecule has 0 bridgehead atoms. The number of amides is 2. The van der Waals surface area contributed by atoms with E-state index in [1.165, 1.54) is 32.1 Å². The summed E-state index contributed by atoms with van der Waals surface area (Å²) in [6.45, 7) is 1.47. The predicted octanol–water partition coefficient (Wildman–Crippen LogP) is 3.78. The summed E-state index contributed by atoms with van der Waals surface area (Å²) in [5, 5.41) is 3.10. The second-order valence-corrected chi connectivity index (χ2v) is 7.87. The standard InChI is InChI=1S/C22H32N2O3/c1-27-20-10-6-5-9-19(20)22(26)23-18-13-15-24(16-14-18)21(25)12-11-17-7-3-2-4-8-17/h5-6,9-10,17-18H,2-4,7-8,11-16H2,1H3,(H,23,26). The largest absolute Gasteiger partial charge is 0.496 e. The third-order valence-corrected chi connectivity index (χ3v) is 6.03. The normalized spacial score (nSPS) is 18.9. The highest BCUT2D eigenvalue weighted by Crippen LogP contribution is 2.27. The Morgan fingerprint density at radius 2 is 1.78 bits per heavy atom. The van der Waals surface area contributed by atoms with Gasteiger partial charge in [0.05, 0.1) is 12.7 Å². The molecule has 0 aromatic heterocycles.